The first-order valence-corrected chi connectivity index (χ1v) is 7.69. The summed E-state index contributed by atoms with van der Waals surface area (Å²) in [6.45, 7) is 7.16. The highest BCUT2D eigenvalue weighted by Crippen LogP contribution is 2.29. The third kappa shape index (κ3) is 3.85. The van der Waals surface area contributed by atoms with Crippen LogP contribution in [0.15, 0.2) is 18.2 Å². The van der Waals surface area contributed by atoms with Gasteiger partial charge in [-0.15, -0.1) is 0 Å². The third-order valence-electron chi connectivity index (χ3n) is 3.92. The fourth-order valence-corrected chi connectivity index (χ4v) is 2.36. The van der Waals surface area contributed by atoms with Gasteiger partial charge in [-0.1, -0.05) is 37.0 Å². The number of hydrogen-bond donors (Lipinski definition) is 0. The minimum atomic E-state index is -0.904. The van der Waals surface area contributed by atoms with Crippen LogP contribution >= 0.6 is 23.2 Å². The normalized spacial score (nSPS) is 14.9. The van der Waals surface area contributed by atoms with Crippen LogP contribution < -0.4 is 4.74 Å². The topological polar surface area (TPSA) is 53.3 Å². The number of benzene rings is 1. The number of carbonyl (C=O) groups is 1. The number of amides is 1. The highest BCUT2D eigenvalue weighted by atomic mass is 35.5. The second kappa shape index (κ2) is 7.21. The number of halogens is 2. The zero-order chi connectivity index (χ0) is 17.1. The Morgan fingerprint density at radius 1 is 1.36 bits per heavy atom. The van der Waals surface area contributed by atoms with Crippen molar-refractivity contribution in [2.24, 2.45) is 5.92 Å². The van der Waals surface area contributed by atoms with E-state index in [1.54, 1.807) is 39.1 Å². The van der Waals surface area contributed by atoms with Crippen molar-refractivity contribution in [2.45, 2.75) is 39.3 Å². The highest BCUT2D eigenvalue weighted by molar-refractivity contribution is 6.35. The summed E-state index contributed by atoms with van der Waals surface area (Å²) in [5, 5.41) is 10.2. The molecule has 0 N–H and O–H groups in total. The van der Waals surface area contributed by atoms with Gasteiger partial charge in [0.15, 0.2) is 6.10 Å². The second-order valence-electron chi connectivity index (χ2n) is 5.65. The molecule has 0 fully saturated rings. The van der Waals surface area contributed by atoms with Gasteiger partial charge in [0.1, 0.15) is 11.3 Å². The van der Waals surface area contributed by atoms with Crippen molar-refractivity contribution in [1.29, 1.82) is 5.26 Å². The highest BCUT2D eigenvalue weighted by Gasteiger charge is 2.38. The summed E-state index contributed by atoms with van der Waals surface area (Å²) in [7, 11) is 1.61. The molecule has 1 aromatic carbocycles. The third-order valence-corrected chi connectivity index (χ3v) is 4.45. The molecular formula is C16H20Cl2N2O2. The Balaban J connectivity index is 2.91. The quantitative estimate of drug-likeness (QED) is 0.807. The van der Waals surface area contributed by atoms with Crippen LogP contribution in [0.5, 0.6) is 5.75 Å². The molecule has 2 atom stereocenters. The smallest absolute Gasteiger partial charge is 0.264 e. The summed E-state index contributed by atoms with van der Waals surface area (Å²) in [6.07, 6.45) is -0.768. The van der Waals surface area contributed by atoms with Crippen LogP contribution in [0.25, 0.3) is 0 Å². The van der Waals surface area contributed by atoms with Gasteiger partial charge in [-0.25, -0.2) is 0 Å². The van der Waals surface area contributed by atoms with Gasteiger partial charge in [-0.2, -0.15) is 5.26 Å². The zero-order valence-electron chi connectivity index (χ0n) is 13.4. The maximum absolute atomic E-state index is 12.5. The van der Waals surface area contributed by atoms with E-state index in [9.17, 15) is 10.1 Å². The molecule has 0 aliphatic heterocycles. The first-order chi connectivity index (χ1) is 10.1. The Hall–Kier alpha value is -1.44. The summed E-state index contributed by atoms with van der Waals surface area (Å²) < 4.78 is 5.61. The van der Waals surface area contributed by atoms with Crippen LogP contribution in [-0.4, -0.2) is 29.5 Å². The van der Waals surface area contributed by atoms with E-state index in [4.69, 9.17) is 27.9 Å². The summed E-state index contributed by atoms with van der Waals surface area (Å²) in [6, 6.07) is 7.00. The van der Waals surface area contributed by atoms with Crippen molar-refractivity contribution in [1.82, 2.24) is 4.90 Å². The number of carbonyl (C=O) groups excluding carboxylic acids is 1. The molecule has 120 valence electrons. The second-order valence-corrected chi connectivity index (χ2v) is 6.49. The summed E-state index contributed by atoms with van der Waals surface area (Å²) in [5.41, 5.74) is -0.904. The van der Waals surface area contributed by atoms with E-state index < -0.39 is 11.6 Å². The van der Waals surface area contributed by atoms with Crippen molar-refractivity contribution in [3.63, 3.8) is 0 Å². The number of nitriles is 1. The van der Waals surface area contributed by atoms with Crippen LogP contribution in [0.4, 0.5) is 0 Å². The Kier molecular flexibility index (Phi) is 6.10. The minimum Gasteiger partial charge on any atom is -0.479 e. The molecule has 4 nitrogen and oxygen atoms in total. The van der Waals surface area contributed by atoms with Crippen LogP contribution in [0, 0.1) is 17.2 Å². The Morgan fingerprint density at radius 3 is 2.41 bits per heavy atom. The van der Waals surface area contributed by atoms with Gasteiger partial charge >= 0.3 is 0 Å². The fourth-order valence-electron chi connectivity index (χ4n) is 1.90. The molecule has 1 rings (SSSR count). The molecule has 0 saturated heterocycles. The molecule has 0 bridgehead atoms. The van der Waals surface area contributed by atoms with E-state index in [1.807, 2.05) is 13.8 Å². The van der Waals surface area contributed by atoms with E-state index in [0.717, 1.165) is 0 Å². The van der Waals surface area contributed by atoms with Crippen molar-refractivity contribution >= 4 is 29.1 Å². The first-order valence-electron chi connectivity index (χ1n) is 6.94. The average Bonchev–Trinajstić information content (AvgIpc) is 2.47. The number of likely N-dealkylation sites (N-methyl/N-ethyl adjacent to an activating group) is 1. The van der Waals surface area contributed by atoms with Crippen molar-refractivity contribution in [3.8, 4) is 11.8 Å². The molecule has 1 amide bonds. The molecule has 6 heteroatoms. The van der Waals surface area contributed by atoms with Gasteiger partial charge in [0.25, 0.3) is 5.91 Å². The number of hydrogen-bond acceptors (Lipinski definition) is 3. The summed E-state index contributed by atoms with van der Waals surface area (Å²) in [5.74, 6) is 0.0741. The summed E-state index contributed by atoms with van der Waals surface area (Å²) >= 11 is 11.9. The Morgan fingerprint density at radius 2 is 1.95 bits per heavy atom. The lowest BCUT2D eigenvalue weighted by atomic mass is 9.88. The largest absolute Gasteiger partial charge is 0.479 e. The zero-order valence-corrected chi connectivity index (χ0v) is 14.9. The van der Waals surface area contributed by atoms with Crippen LogP contribution in [-0.2, 0) is 4.79 Å². The molecular weight excluding hydrogens is 323 g/mol. The van der Waals surface area contributed by atoms with E-state index >= 15 is 0 Å². The monoisotopic (exact) mass is 342 g/mol. The van der Waals surface area contributed by atoms with Crippen LogP contribution in [0.3, 0.4) is 0 Å². The number of rotatable bonds is 5. The molecule has 0 saturated carbocycles. The first kappa shape index (κ1) is 18.6. The van der Waals surface area contributed by atoms with E-state index in [2.05, 4.69) is 6.07 Å². The molecule has 0 radical (unpaired) electrons. The molecule has 0 aromatic heterocycles. The number of ether oxygens (including phenoxy) is 1. The van der Waals surface area contributed by atoms with Gasteiger partial charge in [-0.3, -0.25) is 4.79 Å². The van der Waals surface area contributed by atoms with Crippen molar-refractivity contribution in [3.05, 3.63) is 28.2 Å². The van der Waals surface area contributed by atoms with Gasteiger partial charge in [0.2, 0.25) is 0 Å². The maximum atomic E-state index is 12.5. The fraction of sp³-hybridized carbons (Fsp3) is 0.500. The van der Waals surface area contributed by atoms with E-state index in [0.29, 0.717) is 15.8 Å². The molecule has 0 spiro atoms. The van der Waals surface area contributed by atoms with Crippen LogP contribution in [0.2, 0.25) is 10.0 Å². The lowest BCUT2D eigenvalue weighted by molar-refractivity contribution is -0.141. The van der Waals surface area contributed by atoms with Crippen molar-refractivity contribution < 1.29 is 9.53 Å². The molecule has 0 aliphatic carbocycles. The summed E-state index contributed by atoms with van der Waals surface area (Å²) in [4.78, 5) is 13.9. The van der Waals surface area contributed by atoms with Gasteiger partial charge in [-0.05, 0) is 38.0 Å². The van der Waals surface area contributed by atoms with Gasteiger partial charge in [0.05, 0.1) is 11.1 Å². The molecule has 22 heavy (non-hydrogen) atoms. The minimum absolute atomic E-state index is 0.0160. The molecule has 0 heterocycles. The van der Waals surface area contributed by atoms with Gasteiger partial charge < -0.3 is 9.64 Å². The maximum Gasteiger partial charge on any atom is 0.264 e. The van der Waals surface area contributed by atoms with Crippen LogP contribution in [0.1, 0.15) is 27.7 Å². The number of nitrogens with zero attached hydrogens (tertiary/aromatic N) is 2. The predicted molar refractivity (Wildman–Crippen MR) is 88.2 cm³/mol. The molecule has 1 aromatic rings. The van der Waals surface area contributed by atoms with Crippen molar-refractivity contribution in [2.75, 3.05) is 7.05 Å². The Bertz CT molecular complexity index is 598. The van der Waals surface area contributed by atoms with Gasteiger partial charge in [0, 0.05) is 12.1 Å². The van der Waals surface area contributed by atoms with E-state index in [-0.39, 0.29) is 11.8 Å². The Labute approximate surface area is 141 Å². The molecule has 0 aliphatic rings. The standard InChI is InChI=1S/C16H20Cl2N2O2/c1-10(2)16(4,9-19)20(5)15(21)11(3)22-14-7-6-12(17)8-13(14)18/h6-8,10-11H,1-5H3. The predicted octanol–water partition coefficient (Wildman–Crippen LogP) is 4.16. The lowest BCUT2D eigenvalue weighted by Gasteiger charge is -2.37. The average molecular weight is 343 g/mol. The molecule has 2 unspecified atom stereocenters. The SMILES string of the molecule is CC(Oc1ccc(Cl)cc1Cl)C(=O)N(C)C(C)(C#N)C(C)C. The van der Waals surface area contributed by atoms with E-state index in [1.165, 1.54) is 4.90 Å². The lowest BCUT2D eigenvalue weighted by Crippen LogP contribution is -2.53.